The van der Waals surface area contributed by atoms with Crippen LogP contribution in [0.2, 0.25) is 5.02 Å². The maximum absolute atomic E-state index is 13.7. The van der Waals surface area contributed by atoms with Crippen LogP contribution >= 0.6 is 11.6 Å². The van der Waals surface area contributed by atoms with Crippen LogP contribution < -0.4 is 10.2 Å². The number of hydrogen-bond donors (Lipinski definition) is 1. The number of fused-ring (bicyclic) bond motifs is 2. The Morgan fingerprint density at radius 3 is 2.57 bits per heavy atom. The van der Waals surface area contributed by atoms with E-state index in [9.17, 15) is 18.0 Å². The van der Waals surface area contributed by atoms with Crippen LogP contribution in [0.4, 0.5) is 5.69 Å². The first kappa shape index (κ1) is 25.4. The molecule has 3 aromatic carbocycles. The molecular weight excluding hydrogens is 510 g/mol. The third-order valence-electron chi connectivity index (χ3n) is 7.11. The van der Waals surface area contributed by atoms with Crippen molar-refractivity contribution in [3.63, 3.8) is 0 Å². The van der Waals surface area contributed by atoms with E-state index in [1.54, 1.807) is 36.4 Å². The van der Waals surface area contributed by atoms with E-state index in [0.29, 0.717) is 17.1 Å². The molecule has 1 atom stereocenters. The second kappa shape index (κ2) is 10.3. The fraction of sp³-hybridized carbons (Fsp3) is 0.286. The molecule has 2 aliphatic heterocycles. The van der Waals surface area contributed by atoms with Gasteiger partial charge in [-0.25, -0.2) is 8.42 Å². The lowest BCUT2D eigenvalue weighted by Crippen LogP contribution is -2.40. The van der Waals surface area contributed by atoms with E-state index < -0.39 is 15.7 Å². The van der Waals surface area contributed by atoms with E-state index in [0.717, 1.165) is 31.5 Å². The van der Waals surface area contributed by atoms with Gasteiger partial charge in [0.1, 0.15) is 0 Å². The van der Waals surface area contributed by atoms with Gasteiger partial charge < -0.3 is 10.2 Å². The van der Waals surface area contributed by atoms with Crippen molar-refractivity contribution in [1.82, 2.24) is 10.2 Å². The van der Waals surface area contributed by atoms with Crippen LogP contribution in [0.1, 0.15) is 46.0 Å². The summed E-state index contributed by atoms with van der Waals surface area (Å²) < 4.78 is 27.3. The van der Waals surface area contributed by atoms with Gasteiger partial charge in [-0.05, 0) is 74.0 Å². The van der Waals surface area contributed by atoms with Crippen LogP contribution in [0.25, 0.3) is 0 Å². The molecule has 2 aliphatic rings. The molecule has 5 rings (SSSR count). The van der Waals surface area contributed by atoms with Gasteiger partial charge in [0.25, 0.3) is 11.8 Å². The number of anilines is 1. The molecule has 2 amide bonds. The SMILES string of the molecule is CCN1CCC[C@H]1CNC(=O)c1ccc2c(c1)N(Cc1ccc(Cl)cc1)C(=O)c1ccccc1S2(=O)=O. The number of benzene rings is 3. The summed E-state index contributed by atoms with van der Waals surface area (Å²) in [6.45, 7) is 4.69. The average molecular weight is 538 g/mol. The highest BCUT2D eigenvalue weighted by atomic mass is 35.5. The normalized spacial score (nSPS) is 18.7. The van der Waals surface area contributed by atoms with Crippen molar-refractivity contribution in [2.24, 2.45) is 0 Å². The molecule has 7 nitrogen and oxygen atoms in total. The molecular formula is C28H28ClN3O4S. The Kier molecular flexibility index (Phi) is 7.07. The zero-order valence-electron chi connectivity index (χ0n) is 20.5. The number of nitrogens with one attached hydrogen (secondary N) is 1. The maximum Gasteiger partial charge on any atom is 0.259 e. The van der Waals surface area contributed by atoms with Crippen LogP contribution in [0.5, 0.6) is 0 Å². The Morgan fingerprint density at radius 1 is 1.05 bits per heavy atom. The van der Waals surface area contributed by atoms with Crippen molar-refractivity contribution in [2.45, 2.75) is 42.1 Å². The number of amides is 2. The van der Waals surface area contributed by atoms with Crippen molar-refractivity contribution in [2.75, 3.05) is 24.5 Å². The fourth-order valence-electron chi connectivity index (χ4n) is 5.13. The van der Waals surface area contributed by atoms with Crippen LogP contribution in [-0.4, -0.2) is 50.8 Å². The van der Waals surface area contributed by atoms with E-state index in [1.807, 2.05) is 0 Å². The molecule has 2 heterocycles. The number of rotatable bonds is 6. The number of hydrogen-bond acceptors (Lipinski definition) is 5. The second-order valence-electron chi connectivity index (χ2n) is 9.33. The first-order valence-corrected chi connectivity index (χ1v) is 14.2. The maximum atomic E-state index is 13.7. The molecule has 0 unspecified atom stereocenters. The summed E-state index contributed by atoms with van der Waals surface area (Å²) in [5.74, 6) is -0.751. The fourth-order valence-corrected chi connectivity index (χ4v) is 6.89. The summed E-state index contributed by atoms with van der Waals surface area (Å²) in [7, 11) is -4.00. The molecule has 0 aromatic heterocycles. The predicted octanol–water partition coefficient (Wildman–Crippen LogP) is 4.55. The highest BCUT2D eigenvalue weighted by Gasteiger charge is 2.36. The molecule has 1 fully saturated rings. The number of carbonyl (C=O) groups excluding carboxylic acids is 2. The number of carbonyl (C=O) groups is 2. The molecule has 9 heteroatoms. The van der Waals surface area contributed by atoms with Crippen molar-refractivity contribution >= 4 is 38.9 Å². The molecule has 0 aliphatic carbocycles. The predicted molar refractivity (Wildman–Crippen MR) is 143 cm³/mol. The molecule has 0 spiro atoms. The van der Waals surface area contributed by atoms with Crippen LogP contribution in [0.3, 0.4) is 0 Å². The number of likely N-dealkylation sites (N-methyl/N-ethyl adjacent to an activating group) is 1. The minimum Gasteiger partial charge on any atom is -0.350 e. The van der Waals surface area contributed by atoms with Crippen molar-refractivity contribution in [3.8, 4) is 0 Å². The Balaban J connectivity index is 1.54. The van der Waals surface area contributed by atoms with Gasteiger partial charge >= 0.3 is 0 Å². The lowest BCUT2D eigenvalue weighted by atomic mass is 10.1. The zero-order valence-corrected chi connectivity index (χ0v) is 22.1. The number of likely N-dealkylation sites (tertiary alicyclic amines) is 1. The van der Waals surface area contributed by atoms with E-state index in [1.165, 1.54) is 35.2 Å². The Hall–Kier alpha value is -3.20. The van der Waals surface area contributed by atoms with E-state index in [4.69, 9.17) is 11.6 Å². The molecule has 192 valence electrons. The number of sulfone groups is 1. The summed E-state index contributed by atoms with van der Waals surface area (Å²) >= 11 is 6.04. The monoisotopic (exact) mass is 537 g/mol. The van der Waals surface area contributed by atoms with Crippen LogP contribution in [-0.2, 0) is 16.4 Å². The van der Waals surface area contributed by atoms with Gasteiger partial charge in [-0.1, -0.05) is 42.8 Å². The summed E-state index contributed by atoms with van der Waals surface area (Å²) in [4.78, 5) is 30.6. The lowest BCUT2D eigenvalue weighted by molar-refractivity contribution is 0.0938. The molecule has 0 radical (unpaired) electrons. The minimum absolute atomic E-state index is 0.00994. The smallest absolute Gasteiger partial charge is 0.259 e. The van der Waals surface area contributed by atoms with Crippen molar-refractivity contribution < 1.29 is 18.0 Å². The first-order chi connectivity index (χ1) is 17.8. The molecule has 3 aromatic rings. The quantitative estimate of drug-likeness (QED) is 0.498. The van der Waals surface area contributed by atoms with Gasteiger partial charge in [0.2, 0.25) is 9.84 Å². The summed E-state index contributed by atoms with van der Waals surface area (Å²) in [5, 5.41) is 3.56. The summed E-state index contributed by atoms with van der Waals surface area (Å²) in [5.41, 5.74) is 1.35. The number of nitrogens with zero attached hydrogens (tertiary/aromatic N) is 2. The highest BCUT2D eigenvalue weighted by Crippen LogP contribution is 2.38. The summed E-state index contributed by atoms with van der Waals surface area (Å²) in [6.07, 6.45) is 2.13. The van der Waals surface area contributed by atoms with Gasteiger partial charge in [0.15, 0.2) is 0 Å². The van der Waals surface area contributed by atoms with E-state index >= 15 is 0 Å². The standard InChI is InChI=1S/C28H28ClN3O4S/c1-2-31-15-5-6-22(31)17-30-27(33)20-11-14-26-24(16-20)32(18-19-9-12-21(29)13-10-19)28(34)23-7-3-4-8-25(23)37(26,35)36/h3-4,7-14,16,22H,2,5-6,15,17-18H2,1H3,(H,30,33)/t22-/m0/s1. The van der Waals surface area contributed by atoms with Gasteiger partial charge in [-0.3, -0.25) is 14.5 Å². The summed E-state index contributed by atoms with van der Waals surface area (Å²) in [6, 6.07) is 18.0. The lowest BCUT2D eigenvalue weighted by Gasteiger charge is -2.24. The topological polar surface area (TPSA) is 86.8 Å². The third-order valence-corrected chi connectivity index (χ3v) is 9.22. The second-order valence-corrected chi connectivity index (χ2v) is 11.7. The van der Waals surface area contributed by atoms with E-state index in [2.05, 4.69) is 17.1 Å². The zero-order chi connectivity index (χ0) is 26.2. The van der Waals surface area contributed by atoms with E-state index in [-0.39, 0.29) is 39.5 Å². The Bertz CT molecular complexity index is 1460. The van der Waals surface area contributed by atoms with Gasteiger partial charge in [0.05, 0.1) is 27.6 Å². The average Bonchev–Trinajstić information content (AvgIpc) is 3.36. The molecule has 1 N–H and O–H groups in total. The third kappa shape index (κ3) is 4.89. The molecule has 37 heavy (non-hydrogen) atoms. The molecule has 1 saturated heterocycles. The molecule has 0 saturated carbocycles. The minimum atomic E-state index is -4.00. The van der Waals surface area contributed by atoms with Gasteiger partial charge in [0, 0.05) is 23.2 Å². The Labute approximate surface area is 222 Å². The van der Waals surface area contributed by atoms with Gasteiger partial charge in [-0.15, -0.1) is 0 Å². The molecule has 0 bridgehead atoms. The van der Waals surface area contributed by atoms with Crippen LogP contribution in [0.15, 0.2) is 76.5 Å². The largest absolute Gasteiger partial charge is 0.350 e. The van der Waals surface area contributed by atoms with Crippen molar-refractivity contribution in [3.05, 3.63) is 88.4 Å². The van der Waals surface area contributed by atoms with Gasteiger partial charge in [-0.2, -0.15) is 0 Å². The Morgan fingerprint density at radius 2 is 1.81 bits per heavy atom. The van der Waals surface area contributed by atoms with Crippen molar-refractivity contribution in [1.29, 1.82) is 0 Å². The number of halogens is 1. The van der Waals surface area contributed by atoms with Crippen LogP contribution in [0, 0.1) is 0 Å². The first-order valence-electron chi connectivity index (χ1n) is 12.4. The highest BCUT2D eigenvalue weighted by molar-refractivity contribution is 7.91.